The molecule has 1 aliphatic rings. The summed E-state index contributed by atoms with van der Waals surface area (Å²) >= 11 is 5.19. The van der Waals surface area contributed by atoms with Crippen molar-refractivity contribution >= 4 is 44.1 Å². The SMILES string of the molecule is O=C(NC[C@H](c1cccs1)N1CCOCC1)c1cc2ccc(Br)cc2[nH]1. The van der Waals surface area contributed by atoms with Gasteiger partial charge in [-0.2, -0.15) is 0 Å². The van der Waals surface area contributed by atoms with Crippen LogP contribution in [0.5, 0.6) is 0 Å². The molecule has 0 spiro atoms. The lowest BCUT2D eigenvalue weighted by atomic mass is 10.2. The van der Waals surface area contributed by atoms with Crippen molar-refractivity contribution in [2.75, 3.05) is 32.8 Å². The van der Waals surface area contributed by atoms with Gasteiger partial charge >= 0.3 is 0 Å². The summed E-state index contributed by atoms with van der Waals surface area (Å²) in [5.74, 6) is -0.0767. The van der Waals surface area contributed by atoms with Crippen LogP contribution in [0.25, 0.3) is 10.9 Å². The summed E-state index contributed by atoms with van der Waals surface area (Å²) in [4.78, 5) is 19.5. The van der Waals surface area contributed by atoms with E-state index in [1.54, 1.807) is 11.3 Å². The number of aromatic amines is 1. The third-order valence-electron chi connectivity index (χ3n) is 4.64. The monoisotopic (exact) mass is 433 g/mol. The second-order valence-electron chi connectivity index (χ2n) is 6.30. The van der Waals surface area contributed by atoms with Gasteiger partial charge in [-0.05, 0) is 29.6 Å². The predicted octanol–water partition coefficient (Wildman–Crippen LogP) is 3.80. The highest BCUT2D eigenvalue weighted by Crippen LogP contribution is 2.26. The van der Waals surface area contributed by atoms with Crippen LogP contribution in [0.2, 0.25) is 0 Å². The van der Waals surface area contributed by atoms with Crippen LogP contribution in [0.3, 0.4) is 0 Å². The summed E-state index contributed by atoms with van der Waals surface area (Å²) in [6, 6.07) is 12.2. The number of benzene rings is 1. The summed E-state index contributed by atoms with van der Waals surface area (Å²) < 4.78 is 6.46. The third kappa shape index (κ3) is 3.86. The van der Waals surface area contributed by atoms with Crippen molar-refractivity contribution in [2.24, 2.45) is 0 Å². The minimum Gasteiger partial charge on any atom is -0.379 e. The number of ether oxygens (including phenoxy) is 1. The fourth-order valence-electron chi connectivity index (χ4n) is 3.29. The molecular weight excluding hydrogens is 414 g/mol. The van der Waals surface area contributed by atoms with Crippen molar-refractivity contribution < 1.29 is 9.53 Å². The van der Waals surface area contributed by atoms with Gasteiger partial charge in [-0.3, -0.25) is 9.69 Å². The van der Waals surface area contributed by atoms with E-state index in [9.17, 15) is 4.79 Å². The molecule has 26 heavy (non-hydrogen) atoms. The standard InChI is InChI=1S/C19H20BrN3O2S/c20-14-4-3-13-10-16(22-15(13)11-14)19(24)21-12-17(18-2-1-9-26-18)23-5-7-25-8-6-23/h1-4,9-11,17,22H,5-8,12H2,(H,21,24)/t17-/m1/s1. The predicted molar refractivity (Wildman–Crippen MR) is 108 cm³/mol. The van der Waals surface area contributed by atoms with Crippen molar-refractivity contribution in [3.8, 4) is 0 Å². The van der Waals surface area contributed by atoms with E-state index in [-0.39, 0.29) is 11.9 Å². The van der Waals surface area contributed by atoms with E-state index in [4.69, 9.17) is 4.74 Å². The van der Waals surface area contributed by atoms with Gasteiger partial charge in [0, 0.05) is 39.9 Å². The first-order valence-electron chi connectivity index (χ1n) is 8.62. The molecule has 5 nitrogen and oxygen atoms in total. The number of hydrogen-bond donors (Lipinski definition) is 2. The Morgan fingerprint density at radius 3 is 2.92 bits per heavy atom. The number of aromatic nitrogens is 1. The Labute approximate surface area is 164 Å². The maximum Gasteiger partial charge on any atom is 0.267 e. The number of nitrogens with zero attached hydrogens (tertiary/aromatic N) is 1. The van der Waals surface area contributed by atoms with Crippen LogP contribution < -0.4 is 5.32 Å². The highest BCUT2D eigenvalue weighted by atomic mass is 79.9. The summed E-state index contributed by atoms with van der Waals surface area (Å²) in [5.41, 5.74) is 1.54. The zero-order valence-corrected chi connectivity index (χ0v) is 16.6. The summed E-state index contributed by atoms with van der Waals surface area (Å²) in [7, 11) is 0. The average Bonchev–Trinajstić information content (AvgIpc) is 3.32. The smallest absolute Gasteiger partial charge is 0.267 e. The summed E-state index contributed by atoms with van der Waals surface area (Å²) in [6.07, 6.45) is 0. The number of hydrogen-bond acceptors (Lipinski definition) is 4. The molecule has 0 unspecified atom stereocenters. The molecule has 1 amide bonds. The lowest BCUT2D eigenvalue weighted by molar-refractivity contribution is 0.0169. The number of carbonyl (C=O) groups is 1. The Bertz CT molecular complexity index is 887. The van der Waals surface area contributed by atoms with E-state index in [1.807, 2.05) is 24.3 Å². The minimum absolute atomic E-state index is 0.0767. The van der Waals surface area contributed by atoms with Crippen LogP contribution in [0.1, 0.15) is 21.4 Å². The number of H-pyrrole nitrogens is 1. The number of carbonyl (C=O) groups excluding carboxylic acids is 1. The van der Waals surface area contributed by atoms with Gasteiger partial charge in [0.15, 0.2) is 0 Å². The molecule has 4 rings (SSSR count). The molecule has 3 aromatic rings. The third-order valence-corrected chi connectivity index (χ3v) is 6.11. The number of amides is 1. The Morgan fingerprint density at radius 1 is 1.31 bits per heavy atom. The number of halogens is 1. The van der Waals surface area contributed by atoms with E-state index in [1.165, 1.54) is 4.88 Å². The molecule has 3 heterocycles. The van der Waals surface area contributed by atoms with Crippen molar-refractivity contribution in [1.82, 2.24) is 15.2 Å². The molecule has 1 fully saturated rings. The second-order valence-corrected chi connectivity index (χ2v) is 8.20. The number of nitrogens with one attached hydrogen (secondary N) is 2. The highest BCUT2D eigenvalue weighted by Gasteiger charge is 2.24. The quantitative estimate of drug-likeness (QED) is 0.643. The van der Waals surface area contributed by atoms with Crippen LogP contribution >= 0.6 is 27.3 Å². The van der Waals surface area contributed by atoms with Gasteiger partial charge in [0.2, 0.25) is 0 Å². The largest absolute Gasteiger partial charge is 0.379 e. The molecular formula is C19H20BrN3O2S. The van der Waals surface area contributed by atoms with Crippen LogP contribution in [0, 0.1) is 0 Å². The molecule has 0 aliphatic carbocycles. The fourth-order valence-corrected chi connectivity index (χ4v) is 4.51. The van der Waals surface area contributed by atoms with Crippen molar-refractivity contribution in [2.45, 2.75) is 6.04 Å². The van der Waals surface area contributed by atoms with E-state index in [0.29, 0.717) is 12.2 Å². The first kappa shape index (κ1) is 17.7. The maximum atomic E-state index is 12.7. The molecule has 1 aromatic carbocycles. The number of rotatable bonds is 5. The number of thiophene rings is 1. The van der Waals surface area contributed by atoms with Crippen LogP contribution in [-0.2, 0) is 4.74 Å². The van der Waals surface area contributed by atoms with E-state index in [0.717, 1.165) is 41.7 Å². The summed E-state index contributed by atoms with van der Waals surface area (Å²) in [5, 5.41) is 6.21. The molecule has 2 aromatic heterocycles. The normalized spacial score (nSPS) is 16.7. The Kier molecular flexibility index (Phi) is 5.40. The van der Waals surface area contributed by atoms with Crippen LogP contribution in [0.15, 0.2) is 46.3 Å². The second kappa shape index (κ2) is 7.92. The molecule has 1 saturated heterocycles. The highest BCUT2D eigenvalue weighted by molar-refractivity contribution is 9.10. The van der Waals surface area contributed by atoms with Gasteiger partial charge in [-0.15, -0.1) is 11.3 Å². The number of fused-ring (bicyclic) bond motifs is 1. The van der Waals surface area contributed by atoms with E-state index < -0.39 is 0 Å². The Balaban J connectivity index is 1.48. The average molecular weight is 434 g/mol. The van der Waals surface area contributed by atoms with Crippen LogP contribution in [-0.4, -0.2) is 48.6 Å². The molecule has 1 atom stereocenters. The molecule has 0 bridgehead atoms. The van der Waals surface area contributed by atoms with Gasteiger partial charge in [-0.1, -0.05) is 28.1 Å². The Hall–Kier alpha value is -1.67. The molecule has 136 valence electrons. The summed E-state index contributed by atoms with van der Waals surface area (Å²) in [6.45, 7) is 3.84. The van der Waals surface area contributed by atoms with Crippen LogP contribution in [0.4, 0.5) is 0 Å². The van der Waals surface area contributed by atoms with Gasteiger partial charge in [0.25, 0.3) is 5.91 Å². The minimum atomic E-state index is -0.0767. The molecule has 1 aliphatic heterocycles. The first-order valence-corrected chi connectivity index (χ1v) is 10.3. The number of morpholine rings is 1. The lowest BCUT2D eigenvalue weighted by Gasteiger charge is -2.34. The molecule has 0 radical (unpaired) electrons. The topological polar surface area (TPSA) is 57.4 Å². The van der Waals surface area contributed by atoms with Crippen molar-refractivity contribution in [3.05, 3.63) is 56.8 Å². The van der Waals surface area contributed by atoms with Gasteiger partial charge in [0.1, 0.15) is 5.69 Å². The van der Waals surface area contributed by atoms with E-state index in [2.05, 4.69) is 48.6 Å². The van der Waals surface area contributed by atoms with Gasteiger partial charge in [-0.25, -0.2) is 0 Å². The maximum absolute atomic E-state index is 12.7. The van der Waals surface area contributed by atoms with Crippen molar-refractivity contribution in [3.63, 3.8) is 0 Å². The fraction of sp³-hybridized carbons (Fsp3) is 0.316. The first-order chi connectivity index (χ1) is 12.7. The molecule has 0 saturated carbocycles. The Morgan fingerprint density at radius 2 is 2.15 bits per heavy atom. The molecule has 2 N–H and O–H groups in total. The van der Waals surface area contributed by atoms with E-state index >= 15 is 0 Å². The van der Waals surface area contributed by atoms with Crippen molar-refractivity contribution in [1.29, 1.82) is 0 Å². The molecule has 7 heteroatoms. The lowest BCUT2D eigenvalue weighted by Crippen LogP contribution is -2.43. The van der Waals surface area contributed by atoms with Gasteiger partial charge < -0.3 is 15.0 Å². The van der Waals surface area contributed by atoms with Gasteiger partial charge in [0.05, 0.1) is 19.3 Å². The zero-order chi connectivity index (χ0) is 17.9. The zero-order valence-electron chi connectivity index (χ0n) is 14.2.